The Morgan fingerprint density at radius 1 is 1.12 bits per heavy atom. The van der Waals surface area contributed by atoms with Gasteiger partial charge in [-0.2, -0.15) is 0 Å². The van der Waals surface area contributed by atoms with Crippen LogP contribution in [0, 0.1) is 0 Å². The van der Waals surface area contributed by atoms with E-state index in [4.69, 9.17) is 14.6 Å². The molecule has 0 spiro atoms. The molecule has 1 fully saturated rings. The van der Waals surface area contributed by atoms with Crippen molar-refractivity contribution in [3.8, 4) is 5.75 Å². The predicted molar refractivity (Wildman–Crippen MR) is 131 cm³/mol. The van der Waals surface area contributed by atoms with Crippen LogP contribution in [0.25, 0.3) is 10.9 Å². The lowest BCUT2D eigenvalue weighted by Crippen LogP contribution is -2.46. The van der Waals surface area contributed by atoms with Crippen molar-refractivity contribution >= 4 is 63.6 Å². The third-order valence-electron chi connectivity index (χ3n) is 5.36. The number of fused-ring (bicyclic) bond motifs is 1. The maximum atomic E-state index is 12.9. The monoisotopic (exact) mass is 553 g/mol. The van der Waals surface area contributed by atoms with Gasteiger partial charge in [-0.3, -0.25) is 14.6 Å². The Hall–Kier alpha value is -1.36. The predicted octanol–water partition coefficient (Wildman–Crippen LogP) is 3.00. The lowest BCUT2D eigenvalue weighted by molar-refractivity contribution is -0.131. The molecule has 0 radical (unpaired) electrons. The second kappa shape index (κ2) is 12.8. The zero-order valence-corrected chi connectivity index (χ0v) is 21.6. The van der Waals surface area contributed by atoms with Gasteiger partial charge in [-0.1, -0.05) is 0 Å². The SMILES string of the molecule is CCOC(=O)c1c(CN2CCN(CCO)CC2)n(C)c2cc(Br)c(OC(C)=O)cc12.Cl.Cl. The Bertz CT molecular complexity index is 945. The molecule has 2 heterocycles. The standard InChI is InChI=1S/C21H28BrN3O5.2ClH/c1-4-29-21(28)20-15-11-19(30-14(2)27)16(22)12-17(15)23(3)18(20)13-25-7-5-24(6-8-25)9-10-26;;/h11-12,26H,4-10,13H2,1-3H3;2*1H. The van der Waals surface area contributed by atoms with Crippen LogP contribution in [0.5, 0.6) is 5.75 Å². The summed E-state index contributed by atoms with van der Waals surface area (Å²) in [6.07, 6.45) is 0. The summed E-state index contributed by atoms with van der Waals surface area (Å²) in [4.78, 5) is 28.9. The van der Waals surface area contributed by atoms with E-state index in [2.05, 4.69) is 25.7 Å². The highest BCUT2D eigenvalue weighted by atomic mass is 79.9. The molecule has 3 rings (SSSR count). The minimum atomic E-state index is -0.426. The van der Waals surface area contributed by atoms with Crippen LogP contribution >= 0.6 is 40.7 Å². The summed E-state index contributed by atoms with van der Waals surface area (Å²) >= 11 is 3.46. The van der Waals surface area contributed by atoms with Crippen LogP contribution in [0.15, 0.2) is 16.6 Å². The van der Waals surface area contributed by atoms with Gasteiger partial charge in [0.2, 0.25) is 0 Å². The van der Waals surface area contributed by atoms with E-state index in [0.29, 0.717) is 34.3 Å². The van der Waals surface area contributed by atoms with Crippen LogP contribution in [0.2, 0.25) is 0 Å². The van der Waals surface area contributed by atoms with Gasteiger partial charge in [-0.05, 0) is 35.0 Å². The topological polar surface area (TPSA) is 84.2 Å². The van der Waals surface area contributed by atoms with Gasteiger partial charge in [-0.25, -0.2) is 4.79 Å². The van der Waals surface area contributed by atoms with Gasteiger partial charge in [-0.15, -0.1) is 24.8 Å². The molecular formula is C21H30BrCl2N3O5. The van der Waals surface area contributed by atoms with Crippen LogP contribution in [0.1, 0.15) is 29.9 Å². The van der Waals surface area contributed by atoms with Crippen LogP contribution in [0.3, 0.4) is 0 Å². The number of nitrogens with zero attached hydrogens (tertiary/aromatic N) is 3. The van der Waals surface area contributed by atoms with E-state index in [0.717, 1.165) is 37.4 Å². The number of aliphatic hydroxyl groups is 1. The van der Waals surface area contributed by atoms with Crippen LogP contribution < -0.4 is 4.74 Å². The van der Waals surface area contributed by atoms with Crippen molar-refractivity contribution < 1.29 is 24.2 Å². The molecule has 0 atom stereocenters. The largest absolute Gasteiger partial charge is 0.462 e. The molecule has 32 heavy (non-hydrogen) atoms. The van der Waals surface area contributed by atoms with E-state index in [-0.39, 0.29) is 44.0 Å². The number of halogens is 3. The molecule has 1 saturated heterocycles. The number of hydrogen-bond donors (Lipinski definition) is 1. The first-order valence-corrected chi connectivity index (χ1v) is 10.9. The molecule has 1 aromatic heterocycles. The average molecular weight is 555 g/mol. The molecule has 180 valence electrons. The maximum Gasteiger partial charge on any atom is 0.340 e. The number of rotatable bonds is 7. The highest BCUT2D eigenvalue weighted by molar-refractivity contribution is 9.10. The quantitative estimate of drug-likeness (QED) is 0.416. The number of hydrogen-bond acceptors (Lipinski definition) is 7. The van der Waals surface area contributed by atoms with Crippen LogP contribution in [-0.2, 0) is 23.1 Å². The Morgan fingerprint density at radius 2 is 1.75 bits per heavy atom. The van der Waals surface area contributed by atoms with E-state index >= 15 is 0 Å². The van der Waals surface area contributed by atoms with E-state index in [1.807, 2.05) is 17.7 Å². The van der Waals surface area contributed by atoms with Gasteiger partial charge >= 0.3 is 11.9 Å². The number of aromatic nitrogens is 1. The molecule has 1 aliphatic heterocycles. The van der Waals surface area contributed by atoms with Crippen molar-refractivity contribution in [2.75, 3.05) is 45.9 Å². The smallest absolute Gasteiger partial charge is 0.340 e. The first-order chi connectivity index (χ1) is 14.3. The van der Waals surface area contributed by atoms with Gasteiger partial charge in [0.25, 0.3) is 0 Å². The van der Waals surface area contributed by atoms with E-state index < -0.39 is 5.97 Å². The molecule has 2 aromatic rings. The van der Waals surface area contributed by atoms with Gasteiger partial charge < -0.3 is 19.1 Å². The van der Waals surface area contributed by atoms with E-state index in [1.54, 1.807) is 13.0 Å². The highest BCUT2D eigenvalue weighted by Gasteiger charge is 2.26. The van der Waals surface area contributed by atoms with Crippen molar-refractivity contribution in [2.24, 2.45) is 7.05 Å². The highest BCUT2D eigenvalue weighted by Crippen LogP contribution is 2.36. The van der Waals surface area contributed by atoms with Crippen LogP contribution in [-0.4, -0.2) is 77.3 Å². The molecule has 0 amide bonds. The summed E-state index contributed by atoms with van der Waals surface area (Å²) in [6, 6.07) is 3.58. The third-order valence-corrected chi connectivity index (χ3v) is 5.98. The number of ether oxygens (including phenoxy) is 2. The summed E-state index contributed by atoms with van der Waals surface area (Å²) in [7, 11) is 1.93. The van der Waals surface area contributed by atoms with Gasteiger partial charge in [0.1, 0.15) is 5.75 Å². The summed E-state index contributed by atoms with van der Waals surface area (Å²) < 4.78 is 13.3. The maximum absolute atomic E-state index is 12.9. The fourth-order valence-corrected chi connectivity index (χ4v) is 4.27. The Labute approximate surface area is 208 Å². The van der Waals surface area contributed by atoms with Crippen molar-refractivity contribution in [3.05, 3.63) is 27.9 Å². The number of carbonyl (C=O) groups excluding carboxylic acids is 2. The molecule has 0 aliphatic carbocycles. The summed E-state index contributed by atoms with van der Waals surface area (Å²) in [5.74, 6) is -0.437. The number of β-amino-alcohol motifs (C(OH)–C–C–N with tert-alkyl or cyclic N) is 1. The minimum absolute atomic E-state index is 0. The van der Waals surface area contributed by atoms with Crippen molar-refractivity contribution in [1.82, 2.24) is 14.4 Å². The summed E-state index contributed by atoms with van der Waals surface area (Å²) in [6.45, 7) is 8.31. The second-order valence-electron chi connectivity index (χ2n) is 7.34. The first-order valence-electron chi connectivity index (χ1n) is 10.1. The number of benzene rings is 1. The van der Waals surface area contributed by atoms with Gasteiger partial charge in [0, 0.05) is 64.3 Å². The second-order valence-corrected chi connectivity index (χ2v) is 8.19. The van der Waals surface area contributed by atoms with Gasteiger partial charge in [0.15, 0.2) is 0 Å². The Kier molecular flexibility index (Phi) is 11.4. The molecule has 1 aromatic carbocycles. The fourth-order valence-electron chi connectivity index (χ4n) is 3.86. The molecule has 11 heteroatoms. The summed E-state index contributed by atoms with van der Waals surface area (Å²) in [5.41, 5.74) is 2.23. The molecule has 0 bridgehead atoms. The number of aryl methyl sites for hydroxylation is 1. The molecule has 0 saturated carbocycles. The zero-order valence-electron chi connectivity index (χ0n) is 18.4. The number of esters is 2. The van der Waals surface area contributed by atoms with Crippen molar-refractivity contribution in [1.29, 1.82) is 0 Å². The van der Waals surface area contributed by atoms with Crippen molar-refractivity contribution in [2.45, 2.75) is 20.4 Å². The minimum Gasteiger partial charge on any atom is -0.462 e. The third kappa shape index (κ3) is 6.36. The molecule has 1 N–H and O–H groups in total. The van der Waals surface area contributed by atoms with E-state index in [1.165, 1.54) is 6.92 Å². The normalized spacial score (nSPS) is 14.5. The van der Waals surface area contributed by atoms with Crippen LogP contribution in [0.4, 0.5) is 0 Å². The average Bonchev–Trinajstić information content (AvgIpc) is 2.95. The number of piperazine rings is 1. The fraction of sp³-hybridized carbons (Fsp3) is 0.524. The van der Waals surface area contributed by atoms with Gasteiger partial charge in [0.05, 0.1) is 28.8 Å². The lowest BCUT2D eigenvalue weighted by Gasteiger charge is -2.34. The van der Waals surface area contributed by atoms with E-state index in [9.17, 15) is 9.59 Å². The lowest BCUT2D eigenvalue weighted by atomic mass is 10.1. The molecular weight excluding hydrogens is 525 g/mol. The molecule has 0 unspecified atom stereocenters. The number of carbonyl (C=O) groups is 2. The molecule has 1 aliphatic rings. The molecule has 8 nitrogen and oxygen atoms in total. The summed E-state index contributed by atoms with van der Waals surface area (Å²) in [5, 5.41) is 9.84. The van der Waals surface area contributed by atoms with Crippen molar-refractivity contribution in [3.63, 3.8) is 0 Å². The Morgan fingerprint density at radius 3 is 2.31 bits per heavy atom. The number of aliphatic hydroxyl groups excluding tert-OH is 1. The zero-order chi connectivity index (χ0) is 21.8. The first kappa shape index (κ1) is 28.7. The Balaban J connectivity index is 0.00000256.